The van der Waals surface area contributed by atoms with Gasteiger partial charge in [0.15, 0.2) is 17.3 Å². The van der Waals surface area contributed by atoms with E-state index in [-0.39, 0.29) is 28.8 Å². The molecular weight excluding hydrogens is 268 g/mol. The molecule has 2 rings (SSSR count). The normalized spacial score (nSPS) is 10.6. The maximum absolute atomic E-state index is 12.7. The summed E-state index contributed by atoms with van der Waals surface area (Å²) in [5, 5.41) is 0. The van der Waals surface area contributed by atoms with Crippen molar-refractivity contribution >= 4 is 5.82 Å². The van der Waals surface area contributed by atoms with E-state index in [1.165, 1.54) is 30.6 Å². The molecule has 0 radical (unpaired) electrons. The van der Waals surface area contributed by atoms with E-state index in [4.69, 9.17) is 15.2 Å². The number of hydrogen-bond acceptors (Lipinski definition) is 5. The van der Waals surface area contributed by atoms with E-state index in [0.29, 0.717) is 6.61 Å². The van der Waals surface area contributed by atoms with Crippen molar-refractivity contribution in [1.29, 1.82) is 0 Å². The van der Waals surface area contributed by atoms with Gasteiger partial charge in [-0.2, -0.15) is 0 Å². The number of nitrogens with two attached hydrogens (primary N) is 1. The van der Waals surface area contributed by atoms with Gasteiger partial charge in [-0.1, -0.05) is 0 Å². The van der Waals surface area contributed by atoms with Crippen LogP contribution in [0.5, 0.6) is 17.4 Å². The van der Waals surface area contributed by atoms with Crippen LogP contribution in [0.2, 0.25) is 0 Å². The number of nitrogens with zero attached hydrogens (tertiary/aromatic N) is 2. The molecule has 0 spiro atoms. The Morgan fingerprint density at radius 1 is 1.20 bits per heavy atom. The van der Waals surface area contributed by atoms with Crippen molar-refractivity contribution in [1.82, 2.24) is 9.97 Å². The number of anilines is 1. The molecule has 2 N–H and O–H groups in total. The van der Waals surface area contributed by atoms with Crippen molar-refractivity contribution < 1.29 is 18.3 Å². The number of rotatable bonds is 5. The zero-order chi connectivity index (χ0) is 14.5. The van der Waals surface area contributed by atoms with E-state index < -0.39 is 6.43 Å². The number of alkyl halides is 2. The molecule has 2 aromatic rings. The van der Waals surface area contributed by atoms with Gasteiger partial charge in [0.1, 0.15) is 0 Å². The van der Waals surface area contributed by atoms with Crippen LogP contribution in [0.4, 0.5) is 14.6 Å². The summed E-state index contributed by atoms with van der Waals surface area (Å²) in [6, 6.07) is 3.88. The van der Waals surface area contributed by atoms with E-state index in [1.54, 1.807) is 6.92 Å². The Morgan fingerprint density at radius 2 is 1.95 bits per heavy atom. The molecule has 0 aliphatic carbocycles. The highest BCUT2D eigenvalue weighted by molar-refractivity contribution is 5.48. The molecule has 0 bridgehead atoms. The molecular formula is C13H13F2N3O2. The minimum Gasteiger partial charge on any atom is -0.490 e. The van der Waals surface area contributed by atoms with Crippen molar-refractivity contribution in [2.75, 3.05) is 12.3 Å². The van der Waals surface area contributed by atoms with Gasteiger partial charge in [0.25, 0.3) is 12.3 Å². The van der Waals surface area contributed by atoms with Gasteiger partial charge in [-0.3, -0.25) is 0 Å². The maximum atomic E-state index is 12.7. The lowest BCUT2D eigenvalue weighted by atomic mass is 10.2. The smallest absolute Gasteiger partial charge is 0.263 e. The largest absolute Gasteiger partial charge is 0.490 e. The van der Waals surface area contributed by atoms with Gasteiger partial charge in [0.2, 0.25) is 0 Å². The van der Waals surface area contributed by atoms with Gasteiger partial charge >= 0.3 is 0 Å². The van der Waals surface area contributed by atoms with Crippen LogP contribution >= 0.6 is 0 Å². The molecule has 0 saturated heterocycles. The summed E-state index contributed by atoms with van der Waals surface area (Å²) in [7, 11) is 0. The molecule has 0 fully saturated rings. The molecule has 0 atom stereocenters. The molecule has 7 heteroatoms. The van der Waals surface area contributed by atoms with Crippen LogP contribution in [0, 0.1) is 0 Å². The molecule has 1 heterocycles. The summed E-state index contributed by atoms with van der Waals surface area (Å²) in [5.74, 6) is 0.657. The fraction of sp³-hybridized carbons (Fsp3) is 0.231. The van der Waals surface area contributed by atoms with Crippen LogP contribution in [0.1, 0.15) is 18.9 Å². The lowest BCUT2D eigenvalue weighted by Gasteiger charge is -2.12. The quantitative estimate of drug-likeness (QED) is 0.911. The number of aromatic nitrogens is 2. The maximum Gasteiger partial charge on any atom is 0.263 e. The highest BCUT2D eigenvalue weighted by Crippen LogP contribution is 2.35. The monoisotopic (exact) mass is 281 g/mol. The van der Waals surface area contributed by atoms with Crippen LogP contribution < -0.4 is 15.2 Å². The molecule has 0 amide bonds. The minimum absolute atomic E-state index is 0.0956. The predicted molar refractivity (Wildman–Crippen MR) is 69.1 cm³/mol. The second-order valence-electron chi connectivity index (χ2n) is 3.79. The third-order valence-corrected chi connectivity index (χ3v) is 2.42. The number of ether oxygens (including phenoxy) is 2. The van der Waals surface area contributed by atoms with Crippen molar-refractivity contribution in [3.05, 3.63) is 36.2 Å². The molecule has 1 aromatic carbocycles. The summed E-state index contributed by atoms with van der Waals surface area (Å²) < 4.78 is 36.1. The van der Waals surface area contributed by atoms with Crippen LogP contribution in [-0.4, -0.2) is 16.6 Å². The van der Waals surface area contributed by atoms with Crippen LogP contribution in [0.15, 0.2) is 30.6 Å². The molecule has 0 aliphatic heterocycles. The molecule has 20 heavy (non-hydrogen) atoms. The van der Waals surface area contributed by atoms with Gasteiger partial charge in [-0.05, 0) is 25.1 Å². The van der Waals surface area contributed by atoms with Crippen LogP contribution in [0.25, 0.3) is 0 Å². The first kappa shape index (κ1) is 14.0. The number of halogens is 2. The second-order valence-corrected chi connectivity index (χ2v) is 3.79. The Balaban J connectivity index is 2.33. The Hall–Kier alpha value is -2.44. The topological polar surface area (TPSA) is 70.3 Å². The fourth-order valence-corrected chi connectivity index (χ4v) is 1.53. The average Bonchev–Trinajstić information content (AvgIpc) is 2.43. The molecule has 106 valence electrons. The average molecular weight is 281 g/mol. The molecule has 0 unspecified atom stereocenters. The van der Waals surface area contributed by atoms with E-state index in [0.717, 1.165) is 0 Å². The fourth-order valence-electron chi connectivity index (χ4n) is 1.53. The summed E-state index contributed by atoms with van der Waals surface area (Å²) in [4.78, 5) is 7.75. The van der Waals surface area contributed by atoms with Crippen molar-refractivity contribution in [3.63, 3.8) is 0 Å². The second kappa shape index (κ2) is 6.14. The molecule has 0 saturated carbocycles. The number of benzene rings is 1. The van der Waals surface area contributed by atoms with E-state index >= 15 is 0 Å². The lowest BCUT2D eigenvalue weighted by Crippen LogP contribution is -2.00. The Morgan fingerprint density at radius 3 is 2.60 bits per heavy atom. The Labute approximate surface area is 114 Å². The van der Waals surface area contributed by atoms with Gasteiger partial charge in [0, 0.05) is 18.0 Å². The van der Waals surface area contributed by atoms with Gasteiger partial charge in [-0.15, -0.1) is 0 Å². The van der Waals surface area contributed by atoms with Crippen molar-refractivity contribution in [2.24, 2.45) is 0 Å². The van der Waals surface area contributed by atoms with E-state index in [1.807, 2.05) is 0 Å². The SMILES string of the molecule is CCOc1cc(C(F)F)ccc1Oc1nccnc1N. The van der Waals surface area contributed by atoms with Crippen molar-refractivity contribution in [2.45, 2.75) is 13.3 Å². The molecule has 1 aromatic heterocycles. The predicted octanol–water partition coefficient (Wildman–Crippen LogP) is 3.19. The zero-order valence-electron chi connectivity index (χ0n) is 10.7. The third-order valence-electron chi connectivity index (χ3n) is 2.42. The van der Waals surface area contributed by atoms with Gasteiger partial charge < -0.3 is 15.2 Å². The summed E-state index contributed by atoms with van der Waals surface area (Å²) in [6.45, 7) is 2.06. The van der Waals surface area contributed by atoms with E-state index in [9.17, 15) is 8.78 Å². The van der Waals surface area contributed by atoms with Gasteiger partial charge in [0.05, 0.1) is 6.61 Å². The lowest BCUT2D eigenvalue weighted by molar-refractivity contribution is 0.150. The zero-order valence-corrected chi connectivity index (χ0v) is 10.7. The molecule has 5 nitrogen and oxygen atoms in total. The van der Waals surface area contributed by atoms with Crippen molar-refractivity contribution in [3.8, 4) is 17.4 Å². The Kier molecular flexibility index (Phi) is 4.29. The van der Waals surface area contributed by atoms with E-state index in [2.05, 4.69) is 9.97 Å². The standard InChI is InChI=1S/C13H13F2N3O2/c1-2-19-10-7-8(11(14)15)3-4-9(10)20-13-12(16)17-5-6-18-13/h3-7,11H,2H2,1H3,(H2,16,17). The number of hydrogen-bond donors (Lipinski definition) is 1. The third kappa shape index (κ3) is 3.11. The summed E-state index contributed by atoms with van der Waals surface area (Å²) in [6.07, 6.45) is 0.260. The first-order valence-electron chi connectivity index (χ1n) is 5.91. The first-order valence-corrected chi connectivity index (χ1v) is 5.91. The van der Waals surface area contributed by atoms with Gasteiger partial charge in [-0.25, -0.2) is 18.7 Å². The molecule has 0 aliphatic rings. The highest BCUT2D eigenvalue weighted by atomic mass is 19.3. The van der Waals surface area contributed by atoms with Crippen LogP contribution in [0.3, 0.4) is 0 Å². The summed E-state index contributed by atoms with van der Waals surface area (Å²) in [5.41, 5.74) is 5.47. The number of nitrogen functional groups attached to an aromatic ring is 1. The minimum atomic E-state index is -2.58. The van der Waals surface area contributed by atoms with Crippen LogP contribution in [-0.2, 0) is 0 Å². The first-order chi connectivity index (χ1) is 9.61. The highest BCUT2D eigenvalue weighted by Gasteiger charge is 2.14. The Bertz CT molecular complexity index is 594. The summed E-state index contributed by atoms with van der Waals surface area (Å²) >= 11 is 0.